The summed E-state index contributed by atoms with van der Waals surface area (Å²) in [4.78, 5) is 34.6. The highest BCUT2D eigenvalue weighted by Gasteiger charge is 2.18. The Morgan fingerprint density at radius 1 is 1.03 bits per heavy atom. The summed E-state index contributed by atoms with van der Waals surface area (Å²) in [7, 11) is -2.61. The number of ether oxygens (including phenoxy) is 1. The van der Waals surface area contributed by atoms with Crippen molar-refractivity contribution in [2.45, 2.75) is 31.1 Å². The Balaban J connectivity index is 2.04. The number of carbonyl (C=O) groups is 3. The second kappa shape index (κ2) is 11.1. The first kappa shape index (κ1) is 23.9. The monoisotopic (exact) mass is 447 g/mol. The van der Waals surface area contributed by atoms with Gasteiger partial charge in [-0.25, -0.2) is 18.0 Å². The average Bonchev–Trinajstić information content (AvgIpc) is 2.76. The minimum absolute atomic E-state index is 0.0504. The van der Waals surface area contributed by atoms with Crippen molar-refractivity contribution in [2.24, 2.45) is 0 Å². The van der Waals surface area contributed by atoms with Crippen LogP contribution in [0.1, 0.15) is 35.7 Å². The lowest BCUT2D eigenvalue weighted by Crippen LogP contribution is -2.39. The maximum Gasteiger partial charge on any atom is 0.338 e. The molecule has 2 rings (SSSR count). The lowest BCUT2D eigenvalue weighted by atomic mass is 10.1. The summed E-state index contributed by atoms with van der Waals surface area (Å²) < 4.78 is 32.7. The lowest BCUT2D eigenvalue weighted by molar-refractivity contribution is -0.123. The van der Waals surface area contributed by atoms with Crippen molar-refractivity contribution in [2.75, 3.05) is 18.4 Å². The van der Waals surface area contributed by atoms with Gasteiger partial charge >= 0.3 is 12.0 Å². The van der Waals surface area contributed by atoms with E-state index in [0.717, 1.165) is 30.9 Å². The first-order valence-electron chi connectivity index (χ1n) is 9.65. The Kier molecular flexibility index (Phi) is 8.56. The van der Waals surface area contributed by atoms with Gasteiger partial charge in [-0.3, -0.25) is 14.8 Å². The van der Waals surface area contributed by atoms with E-state index >= 15 is 0 Å². The highest BCUT2D eigenvalue weighted by atomic mass is 32.2. The van der Waals surface area contributed by atoms with Crippen LogP contribution < -0.4 is 15.4 Å². The van der Waals surface area contributed by atoms with Crippen LogP contribution in [0.3, 0.4) is 0 Å². The summed E-state index contributed by atoms with van der Waals surface area (Å²) >= 11 is 0. The topological polar surface area (TPSA) is 131 Å². The molecule has 0 radical (unpaired) electrons. The summed E-state index contributed by atoms with van der Waals surface area (Å²) in [6, 6.07) is 11.6. The number of aryl methyl sites for hydroxylation is 1. The van der Waals surface area contributed by atoms with Crippen LogP contribution in [-0.4, -0.2) is 40.0 Å². The summed E-state index contributed by atoms with van der Waals surface area (Å²) in [5.74, 6) is -1.72. The molecule has 10 heteroatoms. The van der Waals surface area contributed by atoms with Gasteiger partial charge in [0.25, 0.3) is 15.9 Å². The predicted molar refractivity (Wildman–Crippen MR) is 115 cm³/mol. The van der Waals surface area contributed by atoms with Crippen molar-refractivity contribution >= 4 is 33.6 Å². The van der Waals surface area contributed by atoms with Gasteiger partial charge in [0.05, 0.1) is 10.5 Å². The van der Waals surface area contributed by atoms with Gasteiger partial charge in [-0.2, -0.15) is 0 Å². The molecule has 0 saturated heterocycles. The Bertz CT molecular complexity index is 1040. The van der Waals surface area contributed by atoms with Crippen molar-refractivity contribution < 1.29 is 27.5 Å². The van der Waals surface area contributed by atoms with Gasteiger partial charge in [0, 0.05) is 12.7 Å². The van der Waals surface area contributed by atoms with Gasteiger partial charge in [0.1, 0.15) is 0 Å². The molecule has 0 aliphatic carbocycles. The molecule has 0 saturated carbocycles. The van der Waals surface area contributed by atoms with Gasteiger partial charge in [-0.05, 0) is 48.7 Å². The number of benzene rings is 2. The van der Waals surface area contributed by atoms with Crippen LogP contribution in [0.2, 0.25) is 0 Å². The number of anilines is 1. The number of urea groups is 1. The number of rotatable bonds is 9. The largest absolute Gasteiger partial charge is 0.452 e. The fourth-order valence-corrected chi connectivity index (χ4v) is 3.67. The third-order valence-electron chi connectivity index (χ3n) is 4.22. The van der Waals surface area contributed by atoms with Crippen LogP contribution in [0.5, 0.6) is 0 Å². The first-order chi connectivity index (χ1) is 14.7. The Hall–Kier alpha value is -3.40. The molecule has 31 heavy (non-hydrogen) atoms. The minimum atomic E-state index is -3.94. The second-order valence-electron chi connectivity index (χ2n) is 6.64. The summed E-state index contributed by atoms with van der Waals surface area (Å²) in [5, 5.41) is 4.13. The average molecular weight is 448 g/mol. The maximum absolute atomic E-state index is 12.7. The summed E-state index contributed by atoms with van der Waals surface area (Å²) in [5.41, 5.74) is 1.47. The van der Waals surface area contributed by atoms with Crippen molar-refractivity contribution in [1.82, 2.24) is 10.6 Å². The number of imide groups is 1. The van der Waals surface area contributed by atoms with Gasteiger partial charge < -0.3 is 10.1 Å². The molecule has 2 aromatic carbocycles. The van der Waals surface area contributed by atoms with Gasteiger partial charge in [0.15, 0.2) is 6.61 Å². The van der Waals surface area contributed by atoms with Crippen molar-refractivity contribution in [3.05, 3.63) is 59.7 Å². The molecule has 0 unspecified atom stereocenters. The number of carbonyl (C=O) groups excluding carboxylic acids is 3. The Labute approximate surface area is 181 Å². The normalized spacial score (nSPS) is 10.8. The van der Waals surface area contributed by atoms with Crippen molar-refractivity contribution in [1.29, 1.82) is 0 Å². The van der Waals surface area contributed by atoms with E-state index in [4.69, 9.17) is 4.74 Å². The quantitative estimate of drug-likeness (QED) is 0.506. The molecule has 0 atom stereocenters. The molecular formula is C21H25N3O6S. The molecule has 0 aliphatic rings. The summed E-state index contributed by atoms with van der Waals surface area (Å²) in [6.07, 6.45) is 3.06. The predicted octanol–water partition coefficient (Wildman–Crippen LogP) is 2.44. The SMILES string of the molecule is CCCCc1ccc(NS(=O)(=O)c2cccc(C(=O)OCC(=O)NC(=O)NC)c2)cc1. The van der Waals surface area contributed by atoms with Crippen LogP contribution in [0.25, 0.3) is 0 Å². The third kappa shape index (κ3) is 7.41. The van der Waals surface area contributed by atoms with Gasteiger partial charge in [-0.15, -0.1) is 0 Å². The van der Waals surface area contributed by atoms with E-state index in [9.17, 15) is 22.8 Å². The number of esters is 1. The number of unbranched alkanes of at least 4 members (excludes halogenated alkanes) is 1. The molecule has 166 valence electrons. The number of hydrogen-bond acceptors (Lipinski definition) is 6. The standard InChI is InChI=1S/C21H25N3O6S/c1-3-4-6-15-9-11-17(12-10-15)24-31(28,29)18-8-5-7-16(13-18)20(26)30-14-19(25)23-21(27)22-2/h5,7-13,24H,3-4,6,14H2,1-2H3,(H2,22,23,25,27). The van der Waals surface area contributed by atoms with Gasteiger partial charge in [-0.1, -0.05) is 31.5 Å². The fraction of sp³-hybridized carbons (Fsp3) is 0.286. The number of nitrogens with one attached hydrogen (secondary N) is 3. The fourth-order valence-electron chi connectivity index (χ4n) is 2.56. The molecule has 3 N–H and O–H groups in total. The molecule has 0 bridgehead atoms. The highest BCUT2D eigenvalue weighted by molar-refractivity contribution is 7.92. The third-order valence-corrected chi connectivity index (χ3v) is 5.60. The van der Waals surface area contributed by atoms with Gasteiger partial charge in [0.2, 0.25) is 0 Å². The van der Waals surface area contributed by atoms with Crippen LogP contribution in [0.4, 0.5) is 10.5 Å². The molecule has 0 aromatic heterocycles. The Morgan fingerprint density at radius 2 is 1.74 bits per heavy atom. The van der Waals surface area contributed by atoms with Crippen molar-refractivity contribution in [3.63, 3.8) is 0 Å². The van der Waals surface area contributed by atoms with E-state index in [2.05, 4.69) is 17.0 Å². The van der Waals surface area contributed by atoms with Crippen molar-refractivity contribution in [3.8, 4) is 0 Å². The van der Waals surface area contributed by atoms with Crippen LogP contribution in [0.15, 0.2) is 53.4 Å². The maximum atomic E-state index is 12.7. The zero-order valence-corrected chi connectivity index (χ0v) is 18.1. The molecule has 2 aromatic rings. The zero-order chi connectivity index (χ0) is 22.9. The van der Waals surface area contributed by atoms with E-state index in [0.29, 0.717) is 5.69 Å². The van der Waals surface area contributed by atoms with E-state index in [1.54, 1.807) is 12.1 Å². The smallest absolute Gasteiger partial charge is 0.338 e. The number of sulfonamides is 1. The highest BCUT2D eigenvalue weighted by Crippen LogP contribution is 2.19. The van der Waals surface area contributed by atoms with E-state index in [1.807, 2.05) is 17.4 Å². The van der Waals surface area contributed by atoms with Crippen LogP contribution in [0, 0.1) is 0 Å². The molecule has 9 nitrogen and oxygen atoms in total. The summed E-state index contributed by atoms with van der Waals surface area (Å²) in [6.45, 7) is 1.41. The molecule has 0 spiro atoms. The number of hydrogen-bond donors (Lipinski definition) is 3. The zero-order valence-electron chi connectivity index (χ0n) is 17.3. The number of amides is 3. The second-order valence-corrected chi connectivity index (χ2v) is 8.32. The molecule has 0 fully saturated rings. The molecule has 3 amide bonds. The minimum Gasteiger partial charge on any atom is -0.452 e. The van der Waals surface area contributed by atoms with E-state index in [-0.39, 0.29) is 10.5 Å². The van der Waals surface area contributed by atoms with E-state index in [1.165, 1.54) is 25.2 Å². The lowest BCUT2D eigenvalue weighted by Gasteiger charge is -2.10. The molecule has 0 heterocycles. The molecular weight excluding hydrogens is 422 g/mol. The van der Waals surface area contributed by atoms with Crippen LogP contribution >= 0.6 is 0 Å². The van der Waals surface area contributed by atoms with E-state index < -0.39 is 34.5 Å². The first-order valence-corrected chi connectivity index (χ1v) is 11.1. The Morgan fingerprint density at radius 3 is 2.39 bits per heavy atom. The molecule has 0 aliphatic heterocycles. The van der Waals surface area contributed by atoms with Crippen LogP contribution in [-0.2, 0) is 26.0 Å².